The van der Waals surface area contributed by atoms with Crippen LogP contribution in [0, 0.1) is 0 Å². The van der Waals surface area contributed by atoms with Gasteiger partial charge in [0.25, 0.3) is 0 Å². The van der Waals surface area contributed by atoms with Crippen LogP contribution in [0.2, 0.25) is 0 Å². The molecule has 2 aromatic carbocycles. The molecule has 0 fully saturated rings. The van der Waals surface area contributed by atoms with Gasteiger partial charge in [-0.05, 0) is 24.3 Å². The Labute approximate surface area is 171 Å². The molecule has 7 heteroatoms. The van der Waals surface area contributed by atoms with E-state index in [0.29, 0.717) is 19.1 Å². The van der Waals surface area contributed by atoms with Crippen molar-refractivity contribution in [3.05, 3.63) is 60.7 Å². The molecule has 2 rings (SSSR count). The Bertz CT molecular complexity index is 674. The summed E-state index contributed by atoms with van der Waals surface area (Å²) in [6.45, 7) is 1.93. The van der Waals surface area contributed by atoms with Gasteiger partial charge in [-0.25, -0.2) is 4.99 Å². The molecule has 0 atom stereocenters. The molecule has 0 radical (unpaired) electrons. The Morgan fingerprint density at radius 3 is 2.32 bits per heavy atom. The van der Waals surface area contributed by atoms with Crippen molar-refractivity contribution >= 4 is 23.6 Å². The van der Waals surface area contributed by atoms with Gasteiger partial charge in [0.2, 0.25) is 5.91 Å². The van der Waals surface area contributed by atoms with Gasteiger partial charge in [-0.1, -0.05) is 36.4 Å². The lowest BCUT2D eigenvalue weighted by Crippen LogP contribution is -2.41. The van der Waals surface area contributed by atoms with E-state index >= 15 is 0 Å². The number of carbonyl (C=O) groups is 1. The van der Waals surface area contributed by atoms with Gasteiger partial charge in [0.05, 0.1) is 6.54 Å². The third kappa shape index (κ3) is 8.81. The third-order valence-electron chi connectivity index (χ3n) is 3.68. The zero-order valence-corrected chi connectivity index (χ0v) is 17.2. The number of likely N-dealkylation sites (N-methyl/N-ethyl adjacent to an activating group) is 1. The Kier molecular flexibility index (Phi) is 9.79. The predicted molar refractivity (Wildman–Crippen MR) is 116 cm³/mol. The molecule has 1 amide bonds. The Morgan fingerprint density at radius 2 is 1.64 bits per heavy atom. The highest BCUT2D eigenvalue weighted by Gasteiger charge is 2.04. The van der Waals surface area contributed by atoms with E-state index in [4.69, 9.17) is 4.74 Å². The van der Waals surface area contributed by atoms with E-state index in [1.54, 1.807) is 25.9 Å². The molecular weight excluding hydrogens is 372 g/mol. The van der Waals surface area contributed by atoms with Crippen LogP contribution >= 0.6 is 11.8 Å². The average Bonchev–Trinajstić information content (AvgIpc) is 2.73. The van der Waals surface area contributed by atoms with Crippen molar-refractivity contribution in [1.82, 2.24) is 15.5 Å². The van der Waals surface area contributed by atoms with Gasteiger partial charge >= 0.3 is 0 Å². The molecule has 28 heavy (non-hydrogen) atoms. The largest absolute Gasteiger partial charge is 0.492 e. The van der Waals surface area contributed by atoms with Gasteiger partial charge in [0, 0.05) is 31.3 Å². The molecule has 0 heterocycles. The molecule has 0 aliphatic heterocycles. The summed E-state index contributed by atoms with van der Waals surface area (Å²) in [5, 5.41) is 6.49. The minimum absolute atomic E-state index is 0.0414. The summed E-state index contributed by atoms with van der Waals surface area (Å²) >= 11 is 1.77. The number of benzene rings is 2. The summed E-state index contributed by atoms with van der Waals surface area (Å²) in [4.78, 5) is 18.9. The average molecular weight is 401 g/mol. The van der Waals surface area contributed by atoms with Gasteiger partial charge < -0.3 is 20.3 Å². The van der Waals surface area contributed by atoms with Crippen LogP contribution < -0.4 is 15.4 Å². The maximum Gasteiger partial charge on any atom is 0.243 e. The van der Waals surface area contributed by atoms with Crippen molar-refractivity contribution in [1.29, 1.82) is 0 Å². The molecular formula is C21H28N4O2S. The van der Waals surface area contributed by atoms with Crippen LogP contribution in [-0.2, 0) is 4.79 Å². The van der Waals surface area contributed by atoms with Crippen LogP contribution in [0.3, 0.4) is 0 Å². The van der Waals surface area contributed by atoms with Crippen LogP contribution in [0.5, 0.6) is 5.75 Å². The number of carbonyl (C=O) groups excluding carboxylic acids is 1. The predicted octanol–water partition coefficient (Wildman–Crippen LogP) is 2.48. The topological polar surface area (TPSA) is 66.0 Å². The Balaban J connectivity index is 1.76. The van der Waals surface area contributed by atoms with E-state index in [2.05, 4.69) is 27.8 Å². The maximum absolute atomic E-state index is 11.8. The number of aliphatic imine (C=N–C) groups is 1. The van der Waals surface area contributed by atoms with Gasteiger partial charge in [-0.3, -0.25) is 4.79 Å². The molecule has 2 aromatic rings. The summed E-state index contributed by atoms with van der Waals surface area (Å²) in [6.07, 6.45) is 0. The van der Waals surface area contributed by atoms with E-state index in [0.717, 1.165) is 18.0 Å². The van der Waals surface area contributed by atoms with Gasteiger partial charge in [0.15, 0.2) is 5.96 Å². The molecule has 0 spiro atoms. The Morgan fingerprint density at radius 1 is 1.00 bits per heavy atom. The number of nitrogens with zero attached hydrogens (tertiary/aromatic N) is 2. The normalized spacial score (nSPS) is 11.0. The first-order valence-corrected chi connectivity index (χ1v) is 10.2. The van der Waals surface area contributed by atoms with E-state index < -0.39 is 0 Å². The van der Waals surface area contributed by atoms with Gasteiger partial charge in [-0.15, -0.1) is 11.8 Å². The molecule has 0 saturated carbocycles. The van der Waals surface area contributed by atoms with Crippen molar-refractivity contribution in [2.75, 3.05) is 46.1 Å². The molecule has 0 unspecified atom stereocenters. The maximum atomic E-state index is 11.8. The van der Waals surface area contributed by atoms with Crippen LogP contribution in [-0.4, -0.2) is 62.9 Å². The number of nitrogens with one attached hydrogen (secondary N) is 2. The van der Waals surface area contributed by atoms with Crippen LogP contribution in [0.4, 0.5) is 0 Å². The number of ether oxygens (including phenoxy) is 1. The Hall–Kier alpha value is -2.67. The smallest absolute Gasteiger partial charge is 0.243 e. The summed E-state index contributed by atoms with van der Waals surface area (Å²) < 4.78 is 5.68. The van der Waals surface area contributed by atoms with Crippen LogP contribution in [0.15, 0.2) is 70.6 Å². The highest BCUT2D eigenvalue weighted by molar-refractivity contribution is 7.99. The van der Waals surface area contributed by atoms with E-state index in [1.165, 1.54) is 9.80 Å². The van der Waals surface area contributed by atoms with Crippen molar-refractivity contribution in [3.63, 3.8) is 0 Å². The number of rotatable bonds is 10. The highest BCUT2D eigenvalue weighted by Crippen LogP contribution is 2.15. The lowest BCUT2D eigenvalue weighted by Gasteiger charge is -2.14. The summed E-state index contributed by atoms with van der Waals surface area (Å²) in [6, 6.07) is 19.9. The second kappa shape index (κ2) is 12.7. The number of hydrogen-bond acceptors (Lipinski definition) is 4. The van der Waals surface area contributed by atoms with Crippen molar-refractivity contribution < 1.29 is 9.53 Å². The third-order valence-corrected chi connectivity index (χ3v) is 4.70. The molecule has 150 valence electrons. The molecule has 0 saturated heterocycles. The molecule has 0 aromatic heterocycles. The fourth-order valence-electron chi connectivity index (χ4n) is 2.17. The minimum atomic E-state index is -0.0414. The lowest BCUT2D eigenvalue weighted by molar-refractivity contribution is -0.127. The van der Waals surface area contributed by atoms with E-state index in [9.17, 15) is 4.79 Å². The van der Waals surface area contributed by atoms with Crippen molar-refractivity contribution in [3.8, 4) is 5.75 Å². The van der Waals surface area contributed by atoms with Crippen molar-refractivity contribution in [2.24, 2.45) is 4.99 Å². The van der Waals surface area contributed by atoms with Crippen molar-refractivity contribution in [2.45, 2.75) is 4.90 Å². The van der Waals surface area contributed by atoms with Crippen LogP contribution in [0.25, 0.3) is 0 Å². The standard InChI is InChI=1S/C21H28N4O2S/c1-25(2)20(26)17-24-21(22-13-15-27-18-9-5-3-6-10-18)23-14-16-28-19-11-7-4-8-12-19/h3-12H,13-17H2,1-2H3,(H2,22,23,24). The monoisotopic (exact) mass is 400 g/mol. The number of para-hydroxylation sites is 1. The van der Waals surface area contributed by atoms with Gasteiger partial charge in [0.1, 0.15) is 18.9 Å². The summed E-state index contributed by atoms with van der Waals surface area (Å²) in [7, 11) is 3.45. The fourth-order valence-corrected chi connectivity index (χ4v) is 2.96. The quantitative estimate of drug-likeness (QED) is 0.278. The molecule has 0 bridgehead atoms. The fraction of sp³-hybridized carbons (Fsp3) is 0.333. The SMILES string of the molecule is CN(C)C(=O)CN=C(NCCOc1ccccc1)NCCSc1ccccc1. The second-order valence-corrected chi connectivity index (χ2v) is 7.30. The minimum Gasteiger partial charge on any atom is -0.492 e. The molecule has 0 aliphatic rings. The lowest BCUT2D eigenvalue weighted by atomic mass is 10.3. The first-order valence-electron chi connectivity index (χ1n) is 9.23. The van der Waals surface area contributed by atoms with E-state index in [-0.39, 0.29) is 12.5 Å². The zero-order chi connectivity index (χ0) is 20.0. The summed E-state index contributed by atoms with van der Waals surface area (Å²) in [5.74, 6) is 2.30. The van der Waals surface area contributed by atoms with Crippen LogP contribution in [0.1, 0.15) is 0 Å². The first kappa shape index (κ1) is 21.6. The number of guanidine groups is 1. The zero-order valence-electron chi connectivity index (χ0n) is 16.4. The van der Waals surface area contributed by atoms with E-state index in [1.807, 2.05) is 48.5 Å². The molecule has 2 N–H and O–H groups in total. The number of thioether (sulfide) groups is 1. The van der Waals surface area contributed by atoms with Gasteiger partial charge in [-0.2, -0.15) is 0 Å². The summed E-state index contributed by atoms with van der Waals surface area (Å²) in [5.41, 5.74) is 0. The second-order valence-electron chi connectivity index (χ2n) is 6.13. The molecule has 6 nitrogen and oxygen atoms in total. The first-order chi connectivity index (χ1) is 13.6. The molecule has 0 aliphatic carbocycles. The number of amides is 1. The number of hydrogen-bond donors (Lipinski definition) is 2. The highest BCUT2D eigenvalue weighted by atomic mass is 32.2.